The zero-order valence-electron chi connectivity index (χ0n) is 7.66. The summed E-state index contributed by atoms with van der Waals surface area (Å²) in [4.78, 5) is 0. The van der Waals surface area contributed by atoms with Crippen LogP contribution in [0.1, 0.15) is 6.42 Å². The molecular weight excluding hydrogens is 200 g/mol. The molecule has 1 aromatic rings. The number of rotatable bonds is 2. The fourth-order valence-corrected chi connectivity index (χ4v) is 1.69. The van der Waals surface area contributed by atoms with Crippen LogP contribution in [0.15, 0.2) is 24.3 Å². The first-order valence-electron chi connectivity index (χ1n) is 4.53. The number of anilines is 2. The van der Waals surface area contributed by atoms with Crippen molar-refractivity contribution >= 4 is 23.0 Å². The molecule has 0 bridgehead atoms. The van der Waals surface area contributed by atoms with Crippen LogP contribution in [0.2, 0.25) is 0 Å². The van der Waals surface area contributed by atoms with E-state index in [-0.39, 0.29) is 6.04 Å². The molecule has 1 heterocycles. The SMILES string of the molecule is Nc1cccc(NC2CCO[C]2Cl)c1. The molecule has 14 heavy (non-hydrogen) atoms. The largest absolute Gasteiger partial charge is 0.399 e. The highest BCUT2D eigenvalue weighted by atomic mass is 35.5. The Hall–Kier alpha value is -0.930. The van der Waals surface area contributed by atoms with Crippen LogP contribution in [-0.2, 0) is 4.74 Å². The minimum atomic E-state index is 0.0958. The van der Waals surface area contributed by atoms with Crippen LogP contribution in [0.3, 0.4) is 0 Å². The van der Waals surface area contributed by atoms with Gasteiger partial charge < -0.3 is 15.8 Å². The Morgan fingerprint density at radius 1 is 1.50 bits per heavy atom. The van der Waals surface area contributed by atoms with Crippen molar-refractivity contribution < 1.29 is 4.74 Å². The van der Waals surface area contributed by atoms with Gasteiger partial charge in [-0.15, -0.1) is 0 Å². The van der Waals surface area contributed by atoms with Crippen LogP contribution in [-0.4, -0.2) is 12.6 Å². The summed E-state index contributed by atoms with van der Waals surface area (Å²) in [7, 11) is 0. The van der Waals surface area contributed by atoms with E-state index in [0.717, 1.165) is 17.8 Å². The monoisotopic (exact) mass is 211 g/mol. The van der Waals surface area contributed by atoms with Gasteiger partial charge in [-0.3, -0.25) is 0 Å². The Labute approximate surface area is 88.2 Å². The van der Waals surface area contributed by atoms with Crippen molar-refractivity contribution in [2.75, 3.05) is 17.7 Å². The number of nitrogen functional groups attached to an aromatic ring is 1. The van der Waals surface area contributed by atoms with Crippen molar-refractivity contribution in [2.45, 2.75) is 12.5 Å². The average Bonchev–Trinajstić information content (AvgIpc) is 2.52. The van der Waals surface area contributed by atoms with E-state index in [1.54, 1.807) is 0 Å². The second kappa shape index (κ2) is 4.07. The highest BCUT2D eigenvalue weighted by Gasteiger charge is 2.27. The molecule has 1 unspecified atom stereocenters. The van der Waals surface area contributed by atoms with Gasteiger partial charge in [0.25, 0.3) is 0 Å². The summed E-state index contributed by atoms with van der Waals surface area (Å²) in [6.45, 7) is 0.679. The molecule has 1 fully saturated rings. The number of benzene rings is 1. The highest BCUT2D eigenvalue weighted by Crippen LogP contribution is 2.27. The van der Waals surface area contributed by atoms with Gasteiger partial charge in [0.05, 0.1) is 12.6 Å². The van der Waals surface area contributed by atoms with Gasteiger partial charge in [-0.2, -0.15) is 0 Å². The number of hydrogen-bond donors (Lipinski definition) is 2. The second-order valence-corrected chi connectivity index (χ2v) is 3.64. The molecular formula is C10H12ClN2O. The average molecular weight is 212 g/mol. The van der Waals surface area contributed by atoms with Crippen molar-refractivity contribution in [3.8, 4) is 0 Å². The minimum absolute atomic E-state index is 0.0958. The standard InChI is InChI=1S/C10H12ClN2O/c11-10-9(4-5-14-10)13-8-3-1-2-7(12)6-8/h1-3,6,9,13H,4-5,12H2. The first kappa shape index (κ1) is 9.62. The van der Waals surface area contributed by atoms with Crippen molar-refractivity contribution in [1.82, 2.24) is 0 Å². The topological polar surface area (TPSA) is 47.3 Å². The smallest absolute Gasteiger partial charge is 0.206 e. The van der Waals surface area contributed by atoms with Crippen LogP contribution in [0, 0.1) is 5.56 Å². The van der Waals surface area contributed by atoms with Gasteiger partial charge in [0, 0.05) is 11.4 Å². The van der Waals surface area contributed by atoms with Crippen molar-refractivity contribution in [3.05, 3.63) is 29.8 Å². The predicted molar refractivity (Wildman–Crippen MR) is 57.9 cm³/mol. The van der Waals surface area contributed by atoms with Crippen molar-refractivity contribution in [3.63, 3.8) is 0 Å². The van der Waals surface area contributed by atoms with Gasteiger partial charge in [-0.25, -0.2) is 0 Å². The normalized spacial score (nSPS) is 22.5. The third-order valence-corrected chi connectivity index (χ3v) is 2.52. The number of hydrogen-bond acceptors (Lipinski definition) is 3. The molecule has 0 spiro atoms. The number of ether oxygens (including phenoxy) is 1. The molecule has 1 aromatic carbocycles. The summed E-state index contributed by atoms with van der Waals surface area (Å²) in [5.41, 5.74) is 7.90. The Morgan fingerprint density at radius 3 is 3.00 bits per heavy atom. The Morgan fingerprint density at radius 2 is 2.36 bits per heavy atom. The van der Waals surface area contributed by atoms with Crippen LogP contribution in [0.5, 0.6) is 0 Å². The third-order valence-electron chi connectivity index (χ3n) is 2.15. The van der Waals surface area contributed by atoms with E-state index in [2.05, 4.69) is 5.32 Å². The molecule has 1 aliphatic heterocycles. The fraction of sp³-hybridized carbons (Fsp3) is 0.300. The Kier molecular flexibility index (Phi) is 2.79. The molecule has 3 nitrogen and oxygen atoms in total. The zero-order chi connectivity index (χ0) is 9.97. The molecule has 0 amide bonds. The van der Waals surface area contributed by atoms with Crippen molar-refractivity contribution in [2.24, 2.45) is 0 Å². The lowest BCUT2D eigenvalue weighted by atomic mass is 10.2. The quantitative estimate of drug-likeness (QED) is 0.738. The summed E-state index contributed by atoms with van der Waals surface area (Å²) in [5.74, 6) is 0. The van der Waals surface area contributed by atoms with Crippen LogP contribution >= 0.6 is 11.6 Å². The molecule has 0 aromatic heterocycles. The summed E-state index contributed by atoms with van der Waals surface area (Å²) < 4.78 is 5.16. The van der Waals surface area contributed by atoms with E-state index in [4.69, 9.17) is 22.1 Å². The molecule has 1 aliphatic rings. The molecule has 2 rings (SSSR count). The lowest BCUT2D eigenvalue weighted by Crippen LogP contribution is -2.19. The minimum Gasteiger partial charge on any atom is -0.399 e. The van der Waals surface area contributed by atoms with Gasteiger partial charge in [-0.05, 0) is 24.6 Å². The van der Waals surface area contributed by atoms with Gasteiger partial charge in [-0.1, -0.05) is 17.7 Å². The van der Waals surface area contributed by atoms with Gasteiger partial charge >= 0.3 is 0 Å². The lowest BCUT2D eigenvalue weighted by Gasteiger charge is -2.14. The summed E-state index contributed by atoms with van der Waals surface area (Å²) >= 11 is 5.87. The molecule has 0 saturated carbocycles. The van der Waals surface area contributed by atoms with E-state index in [1.807, 2.05) is 24.3 Å². The Balaban J connectivity index is 2.03. The van der Waals surface area contributed by atoms with Crippen LogP contribution < -0.4 is 11.1 Å². The molecule has 0 aliphatic carbocycles. The first-order chi connectivity index (χ1) is 6.75. The van der Waals surface area contributed by atoms with E-state index < -0.39 is 0 Å². The lowest BCUT2D eigenvalue weighted by molar-refractivity contribution is 0.235. The van der Waals surface area contributed by atoms with Crippen molar-refractivity contribution in [1.29, 1.82) is 0 Å². The number of halogens is 1. The van der Waals surface area contributed by atoms with Crippen LogP contribution in [0.4, 0.5) is 11.4 Å². The van der Waals surface area contributed by atoms with E-state index >= 15 is 0 Å². The summed E-state index contributed by atoms with van der Waals surface area (Å²) in [5, 5.41) is 3.26. The molecule has 1 saturated heterocycles. The van der Waals surface area contributed by atoms with Gasteiger partial charge in [0.1, 0.15) is 0 Å². The highest BCUT2D eigenvalue weighted by molar-refractivity contribution is 6.26. The van der Waals surface area contributed by atoms with Crippen LogP contribution in [0.25, 0.3) is 0 Å². The second-order valence-electron chi connectivity index (χ2n) is 3.26. The van der Waals surface area contributed by atoms with Gasteiger partial charge in [0.2, 0.25) is 5.56 Å². The maximum Gasteiger partial charge on any atom is 0.206 e. The maximum atomic E-state index is 5.87. The summed E-state index contributed by atoms with van der Waals surface area (Å²) in [6.07, 6.45) is 0.896. The zero-order valence-corrected chi connectivity index (χ0v) is 8.42. The van der Waals surface area contributed by atoms with E-state index in [1.165, 1.54) is 0 Å². The molecule has 1 radical (unpaired) electrons. The first-order valence-corrected chi connectivity index (χ1v) is 4.91. The van der Waals surface area contributed by atoms with Gasteiger partial charge in [0.15, 0.2) is 0 Å². The number of nitrogens with one attached hydrogen (secondary N) is 1. The Bertz CT molecular complexity index is 319. The molecule has 1 atom stereocenters. The molecule has 4 heteroatoms. The number of nitrogens with two attached hydrogens (primary N) is 1. The molecule has 3 N–H and O–H groups in total. The maximum absolute atomic E-state index is 5.87. The third kappa shape index (κ3) is 2.11. The molecule has 75 valence electrons. The predicted octanol–water partition coefficient (Wildman–Crippen LogP) is 2.20. The fourth-order valence-electron chi connectivity index (χ4n) is 1.45. The van der Waals surface area contributed by atoms with E-state index in [9.17, 15) is 0 Å². The van der Waals surface area contributed by atoms with E-state index in [0.29, 0.717) is 12.2 Å². The summed E-state index contributed by atoms with van der Waals surface area (Å²) in [6, 6.07) is 7.68.